The molecule has 0 aromatic heterocycles. The van der Waals surface area contributed by atoms with Crippen LogP contribution in [0.4, 0.5) is 5.69 Å². The number of anilines is 1. The van der Waals surface area contributed by atoms with E-state index in [0.29, 0.717) is 6.54 Å². The summed E-state index contributed by atoms with van der Waals surface area (Å²) in [5.74, 6) is 0.762. The minimum atomic E-state index is 0.0135. The van der Waals surface area contributed by atoms with Crippen LogP contribution in [0.15, 0.2) is 22.7 Å². The maximum atomic E-state index is 11.6. The lowest BCUT2D eigenvalue weighted by atomic mass is 10.3. The van der Waals surface area contributed by atoms with Crippen LogP contribution >= 0.6 is 15.9 Å². The molecule has 88 valence electrons. The molecule has 1 aromatic rings. The number of likely N-dealkylation sites (N-methyl/N-ethyl adjacent to an activating group) is 2. The Morgan fingerprint density at radius 3 is 2.75 bits per heavy atom. The van der Waals surface area contributed by atoms with E-state index in [9.17, 15) is 4.79 Å². The van der Waals surface area contributed by atoms with Crippen molar-refractivity contribution in [2.45, 2.75) is 0 Å². The van der Waals surface area contributed by atoms with Crippen molar-refractivity contribution in [1.29, 1.82) is 0 Å². The van der Waals surface area contributed by atoms with Gasteiger partial charge in [0.05, 0.1) is 18.1 Å². The number of hydrogen-bond acceptors (Lipinski definition) is 3. The Labute approximate surface area is 104 Å². The second-order valence-corrected chi connectivity index (χ2v) is 4.16. The highest BCUT2D eigenvalue weighted by atomic mass is 79.9. The molecule has 0 aliphatic rings. The summed E-state index contributed by atoms with van der Waals surface area (Å²) in [4.78, 5) is 13.2. The molecule has 0 aliphatic carbocycles. The third-order valence-corrected chi connectivity index (χ3v) is 2.84. The first-order valence-corrected chi connectivity index (χ1v) is 5.64. The first-order chi connectivity index (χ1) is 7.60. The van der Waals surface area contributed by atoms with Crippen LogP contribution in [0.1, 0.15) is 0 Å². The fourth-order valence-corrected chi connectivity index (χ4v) is 1.81. The number of nitrogens with one attached hydrogen (secondary N) is 1. The van der Waals surface area contributed by atoms with Crippen molar-refractivity contribution in [1.82, 2.24) is 5.32 Å². The normalized spacial score (nSPS) is 10.0. The maximum Gasteiger partial charge on any atom is 0.240 e. The van der Waals surface area contributed by atoms with Crippen molar-refractivity contribution in [3.05, 3.63) is 22.7 Å². The molecule has 0 atom stereocenters. The van der Waals surface area contributed by atoms with Crippen LogP contribution in [0.3, 0.4) is 0 Å². The van der Waals surface area contributed by atoms with Gasteiger partial charge in [0.1, 0.15) is 5.75 Å². The van der Waals surface area contributed by atoms with E-state index in [1.165, 1.54) is 0 Å². The highest BCUT2D eigenvalue weighted by Gasteiger charge is 2.11. The van der Waals surface area contributed by atoms with E-state index < -0.39 is 0 Å². The van der Waals surface area contributed by atoms with Gasteiger partial charge in [-0.1, -0.05) is 0 Å². The Bertz CT molecular complexity index is 382. The van der Waals surface area contributed by atoms with Gasteiger partial charge in [0.15, 0.2) is 0 Å². The number of benzene rings is 1. The fourth-order valence-electron chi connectivity index (χ4n) is 1.28. The summed E-state index contributed by atoms with van der Waals surface area (Å²) in [7, 11) is 5.10. The lowest BCUT2D eigenvalue weighted by molar-refractivity contribution is -0.117. The summed E-state index contributed by atoms with van der Waals surface area (Å²) in [5.41, 5.74) is 0.827. The fraction of sp³-hybridized carbons (Fsp3) is 0.364. The summed E-state index contributed by atoms with van der Waals surface area (Å²) >= 11 is 3.39. The lowest BCUT2D eigenvalue weighted by Crippen LogP contribution is -2.34. The minimum absolute atomic E-state index is 0.0135. The van der Waals surface area contributed by atoms with Crippen LogP contribution in [-0.4, -0.2) is 33.7 Å². The number of carbonyl (C=O) groups is 1. The van der Waals surface area contributed by atoms with Crippen molar-refractivity contribution in [2.75, 3.05) is 32.6 Å². The third-order valence-electron chi connectivity index (χ3n) is 2.22. The second kappa shape index (κ2) is 5.86. The summed E-state index contributed by atoms with van der Waals surface area (Å²) in [6.07, 6.45) is 0. The van der Waals surface area contributed by atoms with Gasteiger partial charge in [-0.25, -0.2) is 0 Å². The van der Waals surface area contributed by atoms with E-state index in [1.54, 1.807) is 26.1 Å². The molecular formula is C11H15BrN2O2. The Kier molecular flexibility index (Phi) is 4.76. The molecule has 0 saturated heterocycles. The first-order valence-electron chi connectivity index (χ1n) is 4.85. The number of amides is 1. The molecule has 0 aliphatic heterocycles. The van der Waals surface area contributed by atoms with Crippen molar-refractivity contribution in [3.8, 4) is 5.75 Å². The molecule has 1 rings (SSSR count). The van der Waals surface area contributed by atoms with Gasteiger partial charge >= 0.3 is 0 Å². The predicted molar refractivity (Wildman–Crippen MR) is 68.0 cm³/mol. The summed E-state index contributed by atoms with van der Waals surface area (Å²) in [6, 6.07) is 5.52. The molecule has 0 fully saturated rings. The molecule has 0 radical (unpaired) electrons. The maximum absolute atomic E-state index is 11.6. The third kappa shape index (κ3) is 2.96. The summed E-state index contributed by atoms with van der Waals surface area (Å²) < 4.78 is 5.96. The van der Waals surface area contributed by atoms with Crippen LogP contribution in [0, 0.1) is 0 Å². The average molecular weight is 287 g/mol. The van der Waals surface area contributed by atoms with Gasteiger partial charge in [-0.15, -0.1) is 0 Å². The van der Waals surface area contributed by atoms with E-state index in [0.717, 1.165) is 15.9 Å². The summed E-state index contributed by atoms with van der Waals surface area (Å²) in [5, 5.41) is 2.83. The molecule has 0 heterocycles. The molecule has 4 nitrogen and oxygen atoms in total. The molecule has 1 amide bonds. The lowest BCUT2D eigenvalue weighted by Gasteiger charge is -2.18. The Hall–Kier alpha value is -1.07. The average Bonchev–Trinajstić information content (AvgIpc) is 2.28. The zero-order chi connectivity index (χ0) is 12.1. The van der Waals surface area contributed by atoms with Crippen molar-refractivity contribution >= 4 is 27.5 Å². The smallest absolute Gasteiger partial charge is 0.240 e. The van der Waals surface area contributed by atoms with Crippen LogP contribution in [0.25, 0.3) is 0 Å². The zero-order valence-electron chi connectivity index (χ0n) is 9.58. The van der Waals surface area contributed by atoms with E-state index in [2.05, 4.69) is 21.2 Å². The Morgan fingerprint density at radius 1 is 1.56 bits per heavy atom. The molecule has 0 bridgehead atoms. The molecule has 16 heavy (non-hydrogen) atoms. The highest BCUT2D eigenvalue weighted by Crippen LogP contribution is 2.29. The minimum Gasteiger partial charge on any atom is -0.496 e. The van der Waals surface area contributed by atoms with Gasteiger partial charge in [0, 0.05) is 12.7 Å². The summed E-state index contributed by atoms with van der Waals surface area (Å²) in [6.45, 7) is 0.320. The molecule has 0 unspecified atom stereocenters. The predicted octanol–water partition coefficient (Wildman–Crippen LogP) is 1.64. The zero-order valence-corrected chi connectivity index (χ0v) is 11.2. The van der Waals surface area contributed by atoms with E-state index >= 15 is 0 Å². The molecular weight excluding hydrogens is 272 g/mol. The number of rotatable bonds is 4. The molecule has 1 aromatic carbocycles. The van der Waals surface area contributed by atoms with Gasteiger partial charge in [-0.2, -0.15) is 0 Å². The van der Waals surface area contributed by atoms with Gasteiger partial charge in [-0.3, -0.25) is 4.79 Å². The monoisotopic (exact) mass is 286 g/mol. The molecule has 0 spiro atoms. The molecule has 5 heteroatoms. The van der Waals surface area contributed by atoms with Crippen LogP contribution < -0.4 is 15.0 Å². The van der Waals surface area contributed by atoms with E-state index in [-0.39, 0.29) is 5.91 Å². The number of nitrogens with zero attached hydrogens (tertiary/aromatic N) is 1. The van der Waals surface area contributed by atoms with Crippen molar-refractivity contribution < 1.29 is 9.53 Å². The number of ether oxygens (including phenoxy) is 1. The quantitative estimate of drug-likeness (QED) is 0.915. The SMILES string of the molecule is CNCC(=O)N(C)c1ccc(OC)c(Br)c1. The molecule has 1 N–H and O–H groups in total. The van der Waals surface area contributed by atoms with Crippen LogP contribution in [0.5, 0.6) is 5.75 Å². The largest absolute Gasteiger partial charge is 0.496 e. The highest BCUT2D eigenvalue weighted by molar-refractivity contribution is 9.10. The van der Waals surface area contributed by atoms with Crippen LogP contribution in [-0.2, 0) is 4.79 Å². The van der Waals surface area contributed by atoms with Crippen molar-refractivity contribution in [3.63, 3.8) is 0 Å². The van der Waals surface area contributed by atoms with Gasteiger partial charge in [-0.05, 0) is 41.2 Å². The number of carbonyl (C=O) groups excluding carboxylic acids is 1. The Balaban J connectivity index is 2.88. The van der Waals surface area contributed by atoms with Gasteiger partial charge in [0.2, 0.25) is 5.91 Å². The van der Waals surface area contributed by atoms with Crippen LogP contribution in [0.2, 0.25) is 0 Å². The molecule has 0 saturated carbocycles. The standard InChI is InChI=1S/C11H15BrN2O2/c1-13-7-11(15)14(2)8-4-5-10(16-3)9(12)6-8/h4-6,13H,7H2,1-3H3. The topological polar surface area (TPSA) is 41.6 Å². The number of halogens is 1. The number of hydrogen-bond donors (Lipinski definition) is 1. The Morgan fingerprint density at radius 2 is 2.25 bits per heavy atom. The number of methoxy groups -OCH3 is 1. The van der Waals surface area contributed by atoms with Crippen molar-refractivity contribution in [2.24, 2.45) is 0 Å². The second-order valence-electron chi connectivity index (χ2n) is 3.30. The van der Waals surface area contributed by atoms with E-state index in [1.807, 2.05) is 18.2 Å². The van der Waals surface area contributed by atoms with E-state index in [4.69, 9.17) is 4.74 Å². The first kappa shape index (κ1) is 13.0. The van der Waals surface area contributed by atoms with Gasteiger partial charge < -0.3 is 15.0 Å². The van der Waals surface area contributed by atoms with Gasteiger partial charge in [0.25, 0.3) is 0 Å².